The van der Waals surface area contributed by atoms with Gasteiger partial charge in [-0.2, -0.15) is 10.2 Å². The Morgan fingerprint density at radius 3 is 2.88 bits per heavy atom. The molecule has 0 aliphatic heterocycles. The summed E-state index contributed by atoms with van der Waals surface area (Å²) in [7, 11) is 1.88. The van der Waals surface area contributed by atoms with Gasteiger partial charge in [-0.1, -0.05) is 0 Å². The minimum absolute atomic E-state index is 0.0667. The monoisotopic (exact) mass is 221 g/mol. The number of rotatable bonds is 4. The van der Waals surface area contributed by atoms with Gasteiger partial charge in [0.15, 0.2) is 0 Å². The minimum Gasteiger partial charge on any atom is -0.384 e. The van der Waals surface area contributed by atoms with E-state index in [0.717, 1.165) is 11.1 Å². The summed E-state index contributed by atoms with van der Waals surface area (Å²) >= 11 is 0. The quantitative estimate of drug-likeness (QED) is 0.410. The maximum absolute atomic E-state index is 5.74. The highest BCUT2D eigenvalue weighted by Gasteiger charge is 2.15. The fraction of sp³-hybridized carbons (Fsp3) is 0.333. The van der Waals surface area contributed by atoms with Crippen LogP contribution in [0, 0.1) is 0 Å². The highest BCUT2D eigenvalue weighted by Crippen LogP contribution is 2.20. The lowest BCUT2D eigenvalue weighted by molar-refractivity contribution is 0.553. The van der Waals surface area contributed by atoms with Crippen LogP contribution in [0.1, 0.15) is 17.2 Å². The topological polar surface area (TPSA) is 111 Å². The molecule has 0 radical (unpaired) electrons. The summed E-state index contributed by atoms with van der Waals surface area (Å²) in [5.74, 6) is 6.05. The summed E-state index contributed by atoms with van der Waals surface area (Å²) in [5.41, 5.74) is 10.4. The first-order valence-corrected chi connectivity index (χ1v) is 4.93. The van der Waals surface area contributed by atoms with E-state index < -0.39 is 0 Å². The minimum atomic E-state index is -0.0667. The molecular formula is C9H15N7. The number of aromatic nitrogens is 4. The van der Waals surface area contributed by atoms with Crippen molar-refractivity contribution in [2.75, 3.05) is 5.73 Å². The number of nitrogens with zero attached hydrogens (tertiary/aromatic N) is 3. The Labute approximate surface area is 92.8 Å². The Balaban J connectivity index is 2.15. The number of hydrogen-bond acceptors (Lipinski definition) is 5. The van der Waals surface area contributed by atoms with Crippen LogP contribution in [0.3, 0.4) is 0 Å². The van der Waals surface area contributed by atoms with Gasteiger partial charge < -0.3 is 5.73 Å². The van der Waals surface area contributed by atoms with Crippen molar-refractivity contribution in [3.63, 3.8) is 0 Å². The van der Waals surface area contributed by atoms with E-state index in [9.17, 15) is 0 Å². The number of nitrogens with two attached hydrogens (primary N) is 2. The lowest BCUT2D eigenvalue weighted by atomic mass is 10.0. The second-order valence-electron chi connectivity index (χ2n) is 3.68. The molecule has 1 unspecified atom stereocenters. The molecule has 0 fully saturated rings. The van der Waals surface area contributed by atoms with Crippen LogP contribution in [0.25, 0.3) is 0 Å². The molecule has 7 nitrogen and oxygen atoms in total. The molecule has 0 saturated heterocycles. The molecule has 0 saturated carbocycles. The van der Waals surface area contributed by atoms with Gasteiger partial charge in [-0.25, -0.2) is 0 Å². The van der Waals surface area contributed by atoms with Crippen molar-refractivity contribution < 1.29 is 0 Å². The van der Waals surface area contributed by atoms with Gasteiger partial charge >= 0.3 is 0 Å². The zero-order valence-corrected chi connectivity index (χ0v) is 9.01. The van der Waals surface area contributed by atoms with E-state index >= 15 is 0 Å². The molecule has 0 amide bonds. The molecule has 0 bridgehead atoms. The molecule has 16 heavy (non-hydrogen) atoms. The van der Waals surface area contributed by atoms with Gasteiger partial charge in [0, 0.05) is 18.8 Å². The first-order chi connectivity index (χ1) is 7.70. The van der Waals surface area contributed by atoms with E-state index in [1.165, 1.54) is 0 Å². The van der Waals surface area contributed by atoms with Crippen LogP contribution in [0.5, 0.6) is 0 Å². The van der Waals surface area contributed by atoms with Crippen molar-refractivity contribution in [3.05, 3.63) is 29.7 Å². The van der Waals surface area contributed by atoms with E-state index in [-0.39, 0.29) is 6.04 Å². The third-order valence-corrected chi connectivity index (χ3v) is 2.47. The predicted molar refractivity (Wildman–Crippen MR) is 60.0 cm³/mol. The maximum atomic E-state index is 5.74. The number of anilines is 1. The summed E-state index contributed by atoms with van der Waals surface area (Å²) in [6.45, 7) is 0. The SMILES string of the molecule is Cn1cc(CC(NN)c2cn[nH]c2N)cn1. The van der Waals surface area contributed by atoms with Crippen molar-refractivity contribution in [1.82, 2.24) is 25.4 Å². The van der Waals surface area contributed by atoms with Crippen LogP contribution in [-0.2, 0) is 13.5 Å². The molecule has 2 heterocycles. The number of H-pyrrole nitrogens is 1. The Bertz CT molecular complexity index is 458. The summed E-state index contributed by atoms with van der Waals surface area (Å²) in [6.07, 6.45) is 6.14. The number of nitrogen functional groups attached to an aromatic ring is 1. The highest BCUT2D eigenvalue weighted by molar-refractivity contribution is 5.39. The van der Waals surface area contributed by atoms with Crippen molar-refractivity contribution in [1.29, 1.82) is 0 Å². The summed E-state index contributed by atoms with van der Waals surface area (Å²) < 4.78 is 1.75. The molecule has 6 N–H and O–H groups in total. The van der Waals surface area contributed by atoms with Crippen molar-refractivity contribution in [3.8, 4) is 0 Å². The van der Waals surface area contributed by atoms with Gasteiger partial charge in [0.05, 0.1) is 18.4 Å². The van der Waals surface area contributed by atoms with Crippen LogP contribution >= 0.6 is 0 Å². The molecule has 0 aromatic carbocycles. The van der Waals surface area contributed by atoms with Crippen LogP contribution in [-0.4, -0.2) is 20.0 Å². The molecule has 1 atom stereocenters. The Morgan fingerprint density at radius 2 is 2.38 bits per heavy atom. The number of aromatic amines is 1. The van der Waals surface area contributed by atoms with Crippen LogP contribution < -0.4 is 17.0 Å². The van der Waals surface area contributed by atoms with Gasteiger partial charge in [-0.05, 0) is 12.0 Å². The van der Waals surface area contributed by atoms with E-state index in [2.05, 4.69) is 20.7 Å². The molecule has 86 valence electrons. The number of hydrazine groups is 1. The second-order valence-corrected chi connectivity index (χ2v) is 3.68. The van der Waals surface area contributed by atoms with Crippen molar-refractivity contribution >= 4 is 5.82 Å². The Kier molecular flexibility index (Phi) is 2.88. The van der Waals surface area contributed by atoms with Crippen molar-refractivity contribution in [2.45, 2.75) is 12.5 Å². The van der Waals surface area contributed by atoms with Gasteiger partial charge in [-0.15, -0.1) is 0 Å². The van der Waals surface area contributed by atoms with Crippen LogP contribution in [0.2, 0.25) is 0 Å². The fourth-order valence-electron chi connectivity index (χ4n) is 1.65. The Morgan fingerprint density at radius 1 is 1.56 bits per heavy atom. The average molecular weight is 221 g/mol. The second kappa shape index (κ2) is 4.33. The third-order valence-electron chi connectivity index (χ3n) is 2.47. The van der Waals surface area contributed by atoms with E-state index in [1.54, 1.807) is 17.1 Å². The van der Waals surface area contributed by atoms with Crippen LogP contribution in [0.4, 0.5) is 5.82 Å². The lowest BCUT2D eigenvalue weighted by Crippen LogP contribution is -2.29. The Hall–Kier alpha value is -1.86. The molecule has 2 rings (SSSR count). The molecule has 0 aliphatic rings. The number of aryl methyl sites for hydroxylation is 1. The summed E-state index contributed by atoms with van der Waals surface area (Å²) in [6, 6.07) is -0.0667. The van der Waals surface area contributed by atoms with Gasteiger partial charge in [0.25, 0.3) is 0 Å². The maximum Gasteiger partial charge on any atom is 0.123 e. The first kappa shape index (κ1) is 10.7. The third kappa shape index (κ3) is 2.05. The molecular weight excluding hydrogens is 206 g/mol. The fourth-order valence-corrected chi connectivity index (χ4v) is 1.65. The van der Waals surface area contributed by atoms with Crippen molar-refractivity contribution in [2.24, 2.45) is 12.9 Å². The van der Waals surface area contributed by atoms with Gasteiger partial charge in [0.2, 0.25) is 0 Å². The highest BCUT2D eigenvalue weighted by atomic mass is 15.3. The molecule has 7 heteroatoms. The average Bonchev–Trinajstić information content (AvgIpc) is 2.84. The van der Waals surface area contributed by atoms with E-state index in [0.29, 0.717) is 12.2 Å². The first-order valence-electron chi connectivity index (χ1n) is 4.93. The van der Waals surface area contributed by atoms with E-state index in [4.69, 9.17) is 11.6 Å². The molecule has 2 aromatic heterocycles. The standard InChI is InChI=1S/C9H15N7/c1-16-5-6(3-13-16)2-8(14-11)7-4-12-15-9(7)10/h3-5,8,14H,2,11H2,1H3,(H3,10,12,15). The number of hydrogen-bond donors (Lipinski definition) is 4. The predicted octanol–water partition coefficient (Wildman–Crippen LogP) is -0.527. The summed E-state index contributed by atoms with van der Waals surface area (Å²) in [5, 5.41) is 10.7. The smallest absolute Gasteiger partial charge is 0.123 e. The largest absolute Gasteiger partial charge is 0.384 e. The van der Waals surface area contributed by atoms with Crippen LogP contribution in [0.15, 0.2) is 18.6 Å². The molecule has 2 aromatic rings. The summed E-state index contributed by atoms with van der Waals surface area (Å²) in [4.78, 5) is 0. The van der Waals surface area contributed by atoms with E-state index in [1.807, 2.05) is 13.2 Å². The molecule has 0 spiro atoms. The van der Waals surface area contributed by atoms with Gasteiger partial charge in [0.1, 0.15) is 5.82 Å². The lowest BCUT2D eigenvalue weighted by Gasteiger charge is -2.13. The molecule has 0 aliphatic carbocycles. The zero-order chi connectivity index (χ0) is 11.5. The zero-order valence-electron chi connectivity index (χ0n) is 9.01. The number of nitrogens with one attached hydrogen (secondary N) is 2. The normalized spacial score (nSPS) is 12.9. The van der Waals surface area contributed by atoms with Gasteiger partial charge in [-0.3, -0.25) is 21.0 Å².